The summed E-state index contributed by atoms with van der Waals surface area (Å²) in [5, 5.41) is 27.6. The molecule has 3 aromatic heterocycles. The summed E-state index contributed by atoms with van der Waals surface area (Å²) in [7, 11) is -2.13. The van der Waals surface area contributed by atoms with Crippen LogP contribution in [0.4, 0.5) is 14.6 Å². The number of fused-ring (bicyclic) bond motifs is 3. The predicted octanol–water partition coefficient (Wildman–Crippen LogP) is 1.81. The third-order valence-electron chi connectivity index (χ3n) is 7.20. The first-order valence-electron chi connectivity index (χ1n) is 12.1. The predicted molar refractivity (Wildman–Crippen MR) is 138 cm³/mol. The van der Waals surface area contributed by atoms with E-state index < -0.39 is 27.0 Å². The average Bonchev–Trinajstić information content (AvgIpc) is 3.36. The number of alkyl halides is 2. The molecule has 1 saturated carbocycles. The third-order valence-corrected chi connectivity index (χ3v) is 9.65. The molecule has 2 fully saturated rings. The number of piperazine rings is 1. The van der Waals surface area contributed by atoms with Crippen LogP contribution in [0, 0.1) is 11.3 Å². The molecule has 2 N–H and O–H groups in total. The second-order valence-corrected chi connectivity index (χ2v) is 12.4. The van der Waals surface area contributed by atoms with Crippen molar-refractivity contribution in [3.05, 3.63) is 29.5 Å². The van der Waals surface area contributed by atoms with Crippen molar-refractivity contribution >= 4 is 49.1 Å². The summed E-state index contributed by atoms with van der Waals surface area (Å²) in [5.41, 5.74) is -0.402. The standard InChI is InChI=1S/C23H23F2N9O3S2/c1-32-6-7-33(9-13(32)10-35)19-17-15-3-2-14(39(36,37)31-23(11-26)4-5-23)8-16(15)34(20(17)28-12-27-19)22-30-29-21(38-22)18(24)25/h2-3,8,12-13,18,31,35H,4-7,9-10H2,1H3/t13-/m1/s1. The topological polar surface area (TPSA) is 153 Å². The van der Waals surface area contributed by atoms with Gasteiger partial charge in [-0.05, 0) is 32.0 Å². The average molecular weight is 576 g/mol. The number of benzene rings is 1. The summed E-state index contributed by atoms with van der Waals surface area (Å²) in [6.07, 6.45) is -0.621. The van der Waals surface area contributed by atoms with E-state index >= 15 is 0 Å². The van der Waals surface area contributed by atoms with Gasteiger partial charge in [0.25, 0.3) is 6.43 Å². The Morgan fingerprint density at radius 2 is 2.08 bits per heavy atom. The van der Waals surface area contributed by atoms with Crippen molar-refractivity contribution in [2.24, 2.45) is 0 Å². The van der Waals surface area contributed by atoms with Gasteiger partial charge >= 0.3 is 0 Å². The van der Waals surface area contributed by atoms with Crippen LogP contribution in [0.15, 0.2) is 29.4 Å². The van der Waals surface area contributed by atoms with Crippen LogP contribution in [-0.4, -0.2) is 88.0 Å². The Morgan fingerprint density at radius 1 is 1.28 bits per heavy atom. The SMILES string of the molecule is CN1CCN(c2ncnc3c2c2ccc(S(=O)(=O)NC4(C#N)CC4)cc2n3-c2nnc(C(F)F)s2)C[C@@H]1CO. The zero-order valence-electron chi connectivity index (χ0n) is 20.6. The molecule has 1 saturated heterocycles. The monoisotopic (exact) mass is 575 g/mol. The van der Waals surface area contributed by atoms with E-state index in [0.717, 1.165) is 0 Å². The number of likely N-dealkylation sites (N-methyl/N-ethyl adjacent to an activating group) is 1. The lowest BCUT2D eigenvalue weighted by Crippen LogP contribution is -2.53. The van der Waals surface area contributed by atoms with Crippen LogP contribution in [0.25, 0.3) is 27.1 Å². The van der Waals surface area contributed by atoms with Gasteiger partial charge < -0.3 is 10.0 Å². The Morgan fingerprint density at radius 3 is 2.74 bits per heavy atom. The molecule has 0 amide bonds. The van der Waals surface area contributed by atoms with Crippen molar-refractivity contribution in [2.45, 2.75) is 35.7 Å². The molecule has 204 valence electrons. The second kappa shape index (κ2) is 9.38. The molecule has 39 heavy (non-hydrogen) atoms. The maximum atomic E-state index is 13.4. The summed E-state index contributed by atoms with van der Waals surface area (Å²) in [6.45, 7) is 1.75. The van der Waals surface area contributed by atoms with Crippen LogP contribution in [0.3, 0.4) is 0 Å². The number of aromatic nitrogens is 5. The molecular formula is C23H23F2N9O3S2. The van der Waals surface area contributed by atoms with Gasteiger partial charge in [-0.15, -0.1) is 10.2 Å². The van der Waals surface area contributed by atoms with Crippen LogP contribution >= 0.6 is 11.3 Å². The molecule has 1 aliphatic heterocycles. The molecule has 6 rings (SSSR count). The summed E-state index contributed by atoms with van der Waals surface area (Å²) >= 11 is 0.680. The Balaban J connectivity index is 1.57. The second-order valence-electron chi connectivity index (χ2n) is 9.70. The van der Waals surface area contributed by atoms with Crippen LogP contribution in [0.1, 0.15) is 24.3 Å². The van der Waals surface area contributed by atoms with Gasteiger partial charge in [0.15, 0.2) is 10.7 Å². The summed E-state index contributed by atoms with van der Waals surface area (Å²) in [5.74, 6) is 0.573. The van der Waals surface area contributed by atoms with E-state index in [4.69, 9.17) is 0 Å². The maximum absolute atomic E-state index is 13.4. The van der Waals surface area contributed by atoms with Crippen molar-refractivity contribution in [3.63, 3.8) is 0 Å². The maximum Gasteiger partial charge on any atom is 0.291 e. The van der Waals surface area contributed by atoms with E-state index in [2.05, 4.69) is 29.8 Å². The number of anilines is 1. The fraction of sp³-hybridized carbons (Fsp3) is 0.435. The van der Waals surface area contributed by atoms with Crippen molar-refractivity contribution < 1.29 is 22.3 Å². The minimum Gasteiger partial charge on any atom is -0.395 e. The molecule has 1 aromatic carbocycles. The molecule has 16 heteroatoms. The highest BCUT2D eigenvalue weighted by Crippen LogP contribution is 2.40. The van der Waals surface area contributed by atoms with Gasteiger partial charge in [0.2, 0.25) is 15.2 Å². The highest BCUT2D eigenvalue weighted by Gasteiger charge is 2.47. The van der Waals surface area contributed by atoms with Crippen molar-refractivity contribution in [1.29, 1.82) is 5.26 Å². The number of nitriles is 1. The number of rotatable bonds is 7. The summed E-state index contributed by atoms with van der Waals surface area (Å²) in [6, 6.07) is 6.37. The number of hydrogen-bond acceptors (Lipinski definition) is 11. The zero-order chi connectivity index (χ0) is 27.5. The number of halogens is 2. The molecule has 0 radical (unpaired) electrons. The van der Waals surface area contributed by atoms with Crippen LogP contribution in [0.5, 0.6) is 0 Å². The normalized spacial score (nSPS) is 19.7. The smallest absolute Gasteiger partial charge is 0.291 e. The lowest BCUT2D eigenvalue weighted by molar-refractivity contribution is 0.135. The first kappa shape index (κ1) is 25.9. The van der Waals surface area contributed by atoms with Gasteiger partial charge in [0, 0.05) is 25.0 Å². The molecule has 4 heterocycles. The Labute approximate surface area is 225 Å². The van der Waals surface area contributed by atoms with Gasteiger partial charge in [-0.25, -0.2) is 27.2 Å². The van der Waals surface area contributed by atoms with E-state index in [1.165, 1.54) is 23.0 Å². The van der Waals surface area contributed by atoms with Gasteiger partial charge in [-0.1, -0.05) is 17.4 Å². The third kappa shape index (κ3) is 4.39. The fourth-order valence-electron chi connectivity index (χ4n) is 4.82. The van der Waals surface area contributed by atoms with Crippen molar-refractivity contribution in [2.75, 3.05) is 38.2 Å². The highest BCUT2D eigenvalue weighted by molar-refractivity contribution is 7.89. The first-order valence-corrected chi connectivity index (χ1v) is 14.4. The molecule has 12 nitrogen and oxygen atoms in total. The van der Waals surface area contributed by atoms with Crippen molar-refractivity contribution in [1.82, 2.24) is 34.4 Å². The van der Waals surface area contributed by atoms with Crippen molar-refractivity contribution in [3.8, 4) is 11.2 Å². The quantitative estimate of drug-likeness (QED) is 0.334. The lowest BCUT2D eigenvalue weighted by Gasteiger charge is -2.39. The molecule has 1 aliphatic carbocycles. The van der Waals surface area contributed by atoms with E-state index in [9.17, 15) is 27.6 Å². The molecule has 0 bridgehead atoms. The Bertz CT molecular complexity index is 1730. The lowest BCUT2D eigenvalue weighted by atomic mass is 10.1. The van der Waals surface area contributed by atoms with Gasteiger partial charge in [0.1, 0.15) is 17.7 Å². The molecular weight excluding hydrogens is 552 g/mol. The first-order chi connectivity index (χ1) is 18.7. The van der Waals surface area contributed by atoms with Gasteiger partial charge in [-0.2, -0.15) is 9.98 Å². The minimum absolute atomic E-state index is 0.0391. The van der Waals surface area contributed by atoms with E-state index in [0.29, 0.717) is 71.6 Å². The summed E-state index contributed by atoms with van der Waals surface area (Å²) < 4.78 is 57.2. The molecule has 2 aliphatic rings. The van der Waals surface area contributed by atoms with Crippen LogP contribution in [0.2, 0.25) is 0 Å². The van der Waals surface area contributed by atoms with E-state index in [1.807, 2.05) is 18.0 Å². The van der Waals surface area contributed by atoms with E-state index in [-0.39, 0.29) is 22.7 Å². The molecule has 4 aromatic rings. The minimum atomic E-state index is -4.07. The highest BCUT2D eigenvalue weighted by atomic mass is 32.2. The fourth-order valence-corrected chi connectivity index (χ4v) is 6.93. The van der Waals surface area contributed by atoms with Crippen LogP contribution in [-0.2, 0) is 10.0 Å². The number of nitrogens with one attached hydrogen (secondary N) is 1. The molecule has 0 unspecified atom stereocenters. The van der Waals surface area contributed by atoms with Gasteiger partial charge in [-0.3, -0.25) is 9.47 Å². The summed E-state index contributed by atoms with van der Waals surface area (Å²) in [4.78, 5) is 13.0. The Kier molecular flexibility index (Phi) is 6.23. The molecule has 1 atom stereocenters. The number of sulfonamides is 1. The number of nitrogens with zero attached hydrogens (tertiary/aromatic N) is 8. The number of aliphatic hydroxyl groups is 1. The van der Waals surface area contributed by atoms with Gasteiger partial charge in [0.05, 0.1) is 34.5 Å². The largest absolute Gasteiger partial charge is 0.395 e. The van der Waals surface area contributed by atoms with E-state index in [1.54, 1.807) is 6.07 Å². The molecule has 0 spiro atoms. The number of aliphatic hydroxyl groups excluding tert-OH is 1. The Hall–Kier alpha value is -3.36. The van der Waals surface area contributed by atoms with Crippen LogP contribution < -0.4 is 9.62 Å². The number of hydrogen-bond donors (Lipinski definition) is 2. The zero-order valence-corrected chi connectivity index (χ0v) is 22.3.